The lowest BCUT2D eigenvalue weighted by molar-refractivity contribution is -0.00000455. The minimum atomic E-state index is 0. The fraction of sp³-hybridized carbons (Fsp3) is 0. The molecule has 0 saturated carbocycles. The molecular formula is C18H12Br3IO. The Bertz CT molecular complexity index is 648. The molecule has 0 bridgehead atoms. The summed E-state index contributed by atoms with van der Waals surface area (Å²) in [6.07, 6.45) is 0. The van der Waals surface area contributed by atoms with Gasteiger partial charge in [0.25, 0.3) is 17.2 Å². The quantitative estimate of drug-likeness (QED) is 0.298. The molecule has 0 aliphatic carbocycles. The lowest BCUT2D eigenvalue weighted by atomic mass is 10.3. The van der Waals surface area contributed by atoms with Gasteiger partial charge < -0.3 is 28.3 Å². The SMILES string of the molecule is Brc1ccc([O+](c2ccc(Br)cc2)c2ccc(Br)cc2)cc1.[I-]. The van der Waals surface area contributed by atoms with Crippen LogP contribution in [0.15, 0.2) is 86.2 Å². The second-order valence-corrected chi connectivity index (χ2v) is 7.41. The van der Waals surface area contributed by atoms with E-state index in [4.69, 9.17) is 0 Å². The molecule has 0 heterocycles. The van der Waals surface area contributed by atoms with E-state index >= 15 is 0 Å². The third kappa shape index (κ3) is 4.81. The van der Waals surface area contributed by atoms with Crippen LogP contribution in [0.1, 0.15) is 0 Å². The van der Waals surface area contributed by atoms with E-state index in [0.29, 0.717) is 0 Å². The fourth-order valence-corrected chi connectivity index (χ4v) is 2.91. The van der Waals surface area contributed by atoms with Crippen molar-refractivity contribution in [1.29, 1.82) is 0 Å². The lowest BCUT2D eigenvalue weighted by Gasteiger charge is -2.22. The topological polar surface area (TPSA) is 2.70 Å². The summed E-state index contributed by atoms with van der Waals surface area (Å²) in [5.41, 5.74) is 0. The number of hydrogen-bond acceptors (Lipinski definition) is 0. The molecule has 0 radical (unpaired) electrons. The van der Waals surface area contributed by atoms with Crippen molar-refractivity contribution in [3.63, 3.8) is 0 Å². The molecule has 118 valence electrons. The van der Waals surface area contributed by atoms with Gasteiger partial charge in [0.15, 0.2) is 0 Å². The Morgan fingerprint density at radius 2 is 0.652 bits per heavy atom. The van der Waals surface area contributed by atoms with E-state index in [1.54, 1.807) is 0 Å². The maximum absolute atomic E-state index is 3.49. The van der Waals surface area contributed by atoms with Crippen LogP contribution in [0.4, 0.5) is 0 Å². The van der Waals surface area contributed by atoms with Crippen molar-refractivity contribution in [2.75, 3.05) is 0 Å². The third-order valence-electron chi connectivity index (χ3n) is 3.15. The molecule has 0 atom stereocenters. The van der Waals surface area contributed by atoms with E-state index in [2.05, 4.69) is 88.6 Å². The van der Waals surface area contributed by atoms with E-state index < -0.39 is 0 Å². The number of hydrogen-bond donors (Lipinski definition) is 0. The van der Waals surface area contributed by atoms with Crippen molar-refractivity contribution in [3.05, 3.63) is 86.2 Å². The molecule has 0 N–H and O–H groups in total. The Morgan fingerprint density at radius 3 is 0.870 bits per heavy atom. The summed E-state index contributed by atoms with van der Waals surface area (Å²) in [7, 11) is 0. The molecule has 3 aromatic carbocycles. The highest BCUT2D eigenvalue weighted by Gasteiger charge is 2.19. The van der Waals surface area contributed by atoms with E-state index in [1.165, 1.54) is 0 Å². The van der Waals surface area contributed by atoms with Crippen LogP contribution in [-0.4, -0.2) is 0 Å². The Balaban J connectivity index is 0.00000192. The van der Waals surface area contributed by atoms with Crippen LogP contribution >= 0.6 is 47.8 Å². The zero-order valence-electron chi connectivity index (χ0n) is 11.8. The summed E-state index contributed by atoms with van der Waals surface area (Å²) < 4.78 is 6.40. The van der Waals surface area contributed by atoms with Crippen LogP contribution < -0.4 is 28.3 Å². The van der Waals surface area contributed by atoms with Crippen molar-refractivity contribution in [2.45, 2.75) is 0 Å². The largest absolute Gasteiger partial charge is 1.00 e. The molecule has 0 aliphatic heterocycles. The highest BCUT2D eigenvalue weighted by molar-refractivity contribution is 9.11. The molecule has 0 aromatic heterocycles. The Hall–Kier alpha value is -0.370. The van der Waals surface area contributed by atoms with Crippen LogP contribution in [0, 0.1) is 0 Å². The Morgan fingerprint density at radius 1 is 0.435 bits per heavy atom. The fourth-order valence-electron chi connectivity index (χ4n) is 2.12. The standard InChI is InChI=1S/C18H12Br3O.HI/c19-13-1-7-16(8-2-13)22(17-9-3-14(20)4-10-17)18-11-5-15(21)6-12-18;/h1-12H;1H/q+1;/p-1. The zero-order valence-corrected chi connectivity index (χ0v) is 18.8. The molecule has 3 aromatic rings. The summed E-state index contributed by atoms with van der Waals surface area (Å²) in [5, 5.41) is 0. The molecule has 3 rings (SSSR count). The predicted octanol–water partition coefficient (Wildman–Crippen LogP) is 4.72. The molecule has 1 nitrogen and oxygen atoms in total. The van der Waals surface area contributed by atoms with Gasteiger partial charge in [0.1, 0.15) is 0 Å². The molecule has 0 amide bonds. The van der Waals surface area contributed by atoms with E-state index in [1.807, 2.05) is 36.4 Å². The van der Waals surface area contributed by atoms with Gasteiger partial charge in [0.2, 0.25) is 0 Å². The normalized spacial score (nSPS) is 10.0. The van der Waals surface area contributed by atoms with Crippen molar-refractivity contribution in [3.8, 4) is 17.2 Å². The molecule has 5 heteroatoms. The maximum atomic E-state index is 3.49. The van der Waals surface area contributed by atoms with Crippen molar-refractivity contribution < 1.29 is 28.3 Å². The highest BCUT2D eigenvalue weighted by Crippen LogP contribution is 2.40. The maximum Gasteiger partial charge on any atom is 0.267 e. The van der Waals surface area contributed by atoms with Crippen LogP contribution in [0.5, 0.6) is 17.2 Å². The van der Waals surface area contributed by atoms with Crippen molar-refractivity contribution >= 4 is 47.8 Å². The van der Waals surface area contributed by atoms with Gasteiger partial charge in [-0.2, -0.15) is 0 Å². The van der Waals surface area contributed by atoms with Gasteiger partial charge >= 0.3 is 0 Å². The molecule has 0 aliphatic rings. The molecular weight excluding hydrogens is 599 g/mol. The second-order valence-electron chi connectivity index (χ2n) is 4.67. The van der Waals surface area contributed by atoms with Gasteiger partial charge in [-0.3, -0.25) is 0 Å². The summed E-state index contributed by atoms with van der Waals surface area (Å²) in [4.78, 5) is 0. The average Bonchev–Trinajstić information content (AvgIpc) is 2.53. The Kier molecular flexibility index (Phi) is 7.13. The summed E-state index contributed by atoms with van der Waals surface area (Å²) >= 11 is 10.5. The first-order valence-corrected chi connectivity index (χ1v) is 9.02. The van der Waals surface area contributed by atoms with Crippen LogP contribution in [0.3, 0.4) is 0 Å². The minimum Gasteiger partial charge on any atom is -1.00 e. The van der Waals surface area contributed by atoms with Crippen LogP contribution in [0.25, 0.3) is 0 Å². The number of rotatable bonds is 3. The third-order valence-corrected chi connectivity index (χ3v) is 4.73. The predicted molar refractivity (Wildman–Crippen MR) is 102 cm³/mol. The molecule has 23 heavy (non-hydrogen) atoms. The van der Waals surface area contributed by atoms with Gasteiger partial charge in [-0.15, -0.1) is 0 Å². The second kappa shape index (κ2) is 8.65. The van der Waals surface area contributed by atoms with Gasteiger partial charge in [-0.05, 0) is 36.4 Å². The van der Waals surface area contributed by atoms with E-state index in [0.717, 1.165) is 30.7 Å². The number of halogens is 4. The summed E-state index contributed by atoms with van der Waals surface area (Å²) in [6.45, 7) is 0. The average molecular weight is 611 g/mol. The highest BCUT2D eigenvalue weighted by atomic mass is 127. The summed E-state index contributed by atoms with van der Waals surface area (Å²) in [5.74, 6) is 3.11. The van der Waals surface area contributed by atoms with Crippen molar-refractivity contribution in [1.82, 2.24) is 0 Å². The lowest BCUT2D eigenvalue weighted by Crippen LogP contribution is -3.00. The van der Waals surface area contributed by atoms with Crippen LogP contribution in [-0.2, 0) is 0 Å². The first-order chi connectivity index (χ1) is 10.6. The molecule has 0 saturated heterocycles. The van der Waals surface area contributed by atoms with Gasteiger partial charge in [-0.25, -0.2) is 0 Å². The van der Waals surface area contributed by atoms with Crippen LogP contribution in [0.2, 0.25) is 0 Å². The molecule has 0 fully saturated rings. The Labute approximate surface area is 178 Å². The van der Waals surface area contributed by atoms with E-state index in [9.17, 15) is 0 Å². The van der Waals surface area contributed by atoms with Gasteiger partial charge in [0, 0.05) is 49.8 Å². The van der Waals surface area contributed by atoms with Gasteiger partial charge in [-0.1, -0.05) is 47.8 Å². The van der Waals surface area contributed by atoms with Gasteiger partial charge in [0.05, 0.1) is 0 Å². The monoisotopic (exact) mass is 608 g/mol. The number of benzene rings is 3. The first kappa shape index (κ1) is 19.0. The van der Waals surface area contributed by atoms with Crippen molar-refractivity contribution in [2.24, 2.45) is 0 Å². The first-order valence-electron chi connectivity index (χ1n) is 6.64. The van der Waals surface area contributed by atoms with E-state index in [-0.39, 0.29) is 24.0 Å². The minimum absolute atomic E-state index is 0. The molecule has 0 spiro atoms. The smallest absolute Gasteiger partial charge is 0.267 e. The zero-order chi connectivity index (χ0) is 15.5. The molecule has 0 unspecified atom stereocenters. The summed E-state index contributed by atoms with van der Waals surface area (Å²) in [6, 6.07) is 24.6.